The van der Waals surface area contributed by atoms with E-state index >= 15 is 0 Å². The predicted molar refractivity (Wildman–Crippen MR) is 273 cm³/mol. The highest BCUT2D eigenvalue weighted by molar-refractivity contribution is 7.26. The number of hydrogen-bond acceptors (Lipinski definition) is 6. The minimum absolute atomic E-state index is 0.645. The van der Waals surface area contributed by atoms with Crippen LogP contribution in [0.2, 0.25) is 0 Å². The Morgan fingerprint density at radius 3 is 1.66 bits per heavy atom. The fraction of sp³-hybridized carbons (Fsp3) is 0. The molecule has 5 nitrogen and oxygen atoms in total. The Labute approximate surface area is 382 Å². The molecule has 0 saturated heterocycles. The molecule has 4 heterocycles. The summed E-state index contributed by atoms with van der Waals surface area (Å²) in [6, 6.07) is 75.1. The first-order valence-electron chi connectivity index (χ1n) is 21.6. The zero-order valence-electron chi connectivity index (χ0n) is 34.8. The Bertz CT molecular complexity index is 3930. The van der Waals surface area contributed by atoms with Gasteiger partial charge in [0.1, 0.15) is 5.82 Å². The van der Waals surface area contributed by atoms with Crippen molar-refractivity contribution in [2.24, 2.45) is 0 Å². The lowest BCUT2D eigenvalue weighted by Gasteiger charge is -2.10. The van der Waals surface area contributed by atoms with Crippen LogP contribution >= 0.6 is 22.7 Å². The lowest BCUT2D eigenvalue weighted by molar-refractivity contribution is 1.07. The Balaban J connectivity index is 0.837. The standard InChI is InChI=1S/C58H35N5S2/c1-3-12-38(13-4-1)55-60-56(62-57(61-55)42-31-33-52-47(35-42)45-16-7-10-21-51(45)64-52)39-26-24-37(25-27-39)44-17-11-18-46-48-34-41(30-32-53(48)65-54(44)46)36-22-28-40(29-23-36)58-59-49-19-8-9-20-50(49)63(58)43-14-5-2-6-15-43/h1-35H. The molecule has 0 atom stereocenters. The summed E-state index contributed by atoms with van der Waals surface area (Å²) in [5, 5.41) is 4.98. The highest BCUT2D eigenvalue weighted by atomic mass is 32.1. The van der Waals surface area contributed by atoms with Gasteiger partial charge in [-0.25, -0.2) is 19.9 Å². The normalized spacial score (nSPS) is 11.7. The maximum Gasteiger partial charge on any atom is 0.164 e. The fourth-order valence-electron chi connectivity index (χ4n) is 9.09. The van der Waals surface area contributed by atoms with E-state index in [0.29, 0.717) is 17.5 Å². The van der Waals surface area contributed by atoms with Crippen molar-refractivity contribution in [2.75, 3.05) is 0 Å². The maximum atomic E-state index is 5.11. The number of rotatable bonds is 7. The molecule has 0 aliphatic rings. The van der Waals surface area contributed by atoms with Crippen LogP contribution in [0.3, 0.4) is 0 Å². The first-order chi connectivity index (χ1) is 32.2. The van der Waals surface area contributed by atoms with Crippen molar-refractivity contribution in [3.05, 3.63) is 212 Å². The Hall–Kier alpha value is -8.10. The number of imidazole rings is 1. The van der Waals surface area contributed by atoms with E-state index in [4.69, 9.17) is 19.9 Å². The minimum Gasteiger partial charge on any atom is -0.292 e. The summed E-state index contributed by atoms with van der Waals surface area (Å²) in [6.07, 6.45) is 0. The van der Waals surface area contributed by atoms with Crippen LogP contribution < -0.4 is 0 Å². The lowest BCUT2D eigenvalue weighted by atomic mass is 9.99. The van der Waals surface area contributed by atoms with Crippen molar-refractivity contribution in [3.63, 3.8) is 0 Å². The van der Waals surface area contributed by atoms with Gasteiger partial charge >= 0.3 is 0 Å². The number of nitrogens with zero attached hydrogens (tertiary/aromatic N) is 5. The second-order valence-electron chi connectivity index (χ2n) is 16.2. The van der Waals surface area contributed by atoms with E-state index in [1.165, 1.54) is 57.0 Å². The van der Waals surface area contributed by atoms with Crippen molar-refractivity contribution >= 4 is 74.1 Å². The van der Waals surface area contributed by atoms with Crippen molar-refractivity contribution in [2.45, 2.75) is 0 Å². The highest BCUT2D eigenvalue weighted by Crippen LogP contribution is 2.42. The lowest BCUT2D eigenvalue weighted by Crippen LogP contribution is -2.00. The third-order valence-electron chi connectivity index (χ3n) is 12.3. The Kier molecular flexibility index (Phi) is 8.82. The molecule has 13 aromatic rings. The Morgan fingerprint density at radius 2 is 0.862 bits per heavy atom. The van der Waals surface area contributed by atoms with Crippen LogP contribution in [-0.4, -0.2) is 24.5 Å². The van der Waals surface area contributed by atoms with Crippen LogP contribution in [0.5, 0.6) is 0 Å². The quantitative estimate of drug-likeness (QED) is 0.160. The molecule has 4 aromatic heterocycles. The van der Waals surface area contributed by atoms with Gasteiger partial charge in [0, 0.05) is 68.3 Å². The van der Waals surface area contributed by atoms with Crippen LogP contribution in [0, 0.1) is 0 Å². The van der Waals surface area contributed by atoms with Gasteiger partial charge in [-0.05, 0) is 82.9 Å². The van der Waals surface area contributed by atoms with E-state index in [-0.39, 0.29) is 0 Å². The zero-order valence-corrected chi connectivity index (χ0v) is 36.4. The van der Waals surface area contributed by atoms with Crippen LogP contribution in [0.4, 0.5) is 0 Å². The summed E-state index contributed by atoms with van der Waals surface area (Å²) >= 11 is 3.66. The third-order valence-corrected chi connectivity index (χ3v) is 14.7. The second-order valence-corrected chi connectivity index (χ2v) is 18.4. The van der Waals surface area contributed by atoms with Gasteiger partial charge in [0.05, 0.1) is 11.0 Å². The smallest absolute Gasteiger partial charge is 0.164 e. The average molecular weight is 866 g/mol. The molecule has 0 bridgehead atoms. The average Bonchev–Trinajstić information content (AvgIpc) is 4.08. The molecule has 65 heavy (non-hydrogen) atoms. The van der Waals surface area contributed by atoms with E-state index in [1.807, 2.05) is 53.0 Å². The van der Waals surface area contributed by atoms with Gasteiger partial charge in [-0.3, -0.25) is 4.57 Å². The van der Waals surface area contributed by atoms with Gasteiger partial charge in [0.2, 0.25) is 0 Å². The van der Waals surface area contributed by atoms with Crippen molar-refractivity contribution < 1.29 is 0 Å². The van der Waals surface area contributed by atoms with Gasteiger partial charge in [-0.15, -0.1) is 22.7 Å². The first kappa shape index (κ1) is 37.5. The summed E-state index contributed by atoms with van der Waals surface area (Å²) in [6.45, 7) is 0. The minimum atomic E-state index is 0.645. The molecular weight excluding hydrogens is 831 g/mol. The number of benzene rings is 9. The largest absolute Gasteiger partial charge is 0.292 e. The molecule has 0 radical (unpaired) electrons. The summed E-state index contributed by atoms with van der Waals surface area (Å²) < 4.78 is 7.31. The molecule has 0 fully saturated rings. The van der Waals surface area contributed by atoms with Gasteiger partial charge in [-0.1, -0.05) is 152 Å². The topological polar surface area (TPSA) is 56.5 Å². The predicted octanol–water partition coefficient (Wildman–Crippen LogP) is 15.9. The van der Waals surface area contributed by atoms with E-state index in [9.17, 15) is 0 Å². The summed E-state index contributed by atoms with van der Waals surface area (Å²) in [7, 11) is 0. The van der Waals surface area contributed by atoms with Crippen LogP contribution in [0.25, 0.3) is 125 Å². The molecule has 0 amide bonds. The molecule has 0 aliphatic heterocycles. The molecule has 7 heteroatoms. The summed E-state index contributed by atoms with van der Waals surface area (Å²) in [4.78, 5) is 20.3. The van der Waals surface area contributed by atoms with Crippen molar-refractivity contribution in [1.29, 1.82) is 0 Å². The summed E-state index contributed by atoms with van der Waals surface area (Å²) in [5.41, 5.74) is 11.8. The SMILES string of the molecule is c1ccc(-c2nc(-c3ccc(-c4cccc5c4sc4ccc(-c6ccc(-c7nc8ccccc8n7-c7ccccc7)cc6)cc45)cc3)nc(-c3ccc4sc5ccccc5c4c3)n2)cc1. The number of hydrogen-bond donors (Lipinski definition) is 0. The number of fused-ring (bicyclic) bond motifs is 7. The third kappa shape index (κ3) is 6.51. The van der Waals surface area contributed by atoms with Crippen LogP contribution in [-0.2, 0) is 0 Å². The second kappa shape index (κ2) is 15.3. The molecular formula is C58H35N5S2. The van der Waals surface area contributed by atoms with Gasteiger partial charge < -0.3 is 0 Å². The fourth-order valence-corrected chi connectivity index (χ4v) is 11.4. The number of para-hydroxylation sites is 3. The molecule has 13 rings (SSSR count). The van der Waals surface area contributed by atoms with E-state index < -0.39 is 0 Å². The molecule has 0 saturated carbocycles. The molecule has 304 valence electrons. The molecule has 0 aliphatic carbocycles. The van der Waals surface area contributed by atoms with Gasteiger partial charge in [0.25, 0.3) is 0 Å². The summed E-state index contributed by atoms with van der Waals surface area (Å²) in [5.74, 6) is 2.88. The highest BCUT2D eigenvalue weighted by Gasteiger charge is 2.18. The van der Waals surface area contributed by atoms with E-state index in [1.54, 1.807) is 0 Å². The van der Waals surface area contributed by atoms with Crippen LogP contribution in [0.1, 0.15) is 0 Å². The monoisotopic (exact) mass is 865 g/mol. The molecule has 9 aromatic carbocycles. The van der Waals surface area contributed by atoms with Crippen molar-refractivity contribution in [3.8, 4) is 73.5 Å². The maximum absolute atomic E-state index is 5.11. The number of thiophene rings is 2. The first-order valence-corrected chi connectivity index (χ1v) is 23.2. The molecule has 0 N–H and O–H groups in total. The van der Waals surface area contributed by atoms with Crippen LogP contribution in [0.15, 0.2) is 212 Å². The zero-order chi connectivity index (χ0) is 42.8. The Morgan fingerprint density at radius 1 is 0.323 bits per heavy atom. The van der Waals surface area contributed by atoms with E-state index in [0.717, 1.165) is 50.4 Å². The van der Waals surface area contributed by atoms with Gasteiger partial charge in [-0.2, -0.15) is 0 Å². The van der Waals surface area contributed by atoms with Crippen molar-refractivity contribution in [1.82, 2.24) is 24.5 Å². The van der Waals surface area contributed by atoms with Gasteiger partial charge in [0.15, 0.2) is 17.5 Å². The molecule has 0 spiro atoms. The number of aromatic nitrogens is 5. The molecule has 0 unspecified atom stereocenters. The van der Waals surface area contributed by atoms with E-state index in [2.05, 4.69) is 187 Å².